The zero-order valence-electron chi connectivity index (χ0n) is 10.4. The van der Waals surface area contributed by atoms with Crippen LogP contribution in [0.2, 0.25) is 0 Å². The summed E-state index contributed by atoms with van der Waals surface area (Å²) >= 11 is 0. The molecular formula is C16H10FNO2. The van der Waals surface area contributed by atoms with Crippen LogP contribution >= 0.6 is 0 Å². The Labute approximate surface area is 115 Å². The van der Waals surface area contributed by atoms with Crippen molar-refractivity contribution in [2.45, 2.75) is 0 Å². The molecule has 0 spiro atoms. The minimum absolute atomic E-state index is 0.160. The van der Waals surface area contributed by atoms with Gasteiger partial charge in [0.05, 0.1) is 17.2 Å². The van der Waals surface area contributed by atoms with Gasteiger partial charge in [-0.25, -0.2) is 9.18 Å². The van der Waals surface area contributed by atoms with Gasteiger partial charge in [0.2, 0.25) is 0 Å². The number of nitrogens with zero attached hydrogens (tertiary/aromatic N) is 1. The van der Waals surface area contributed by atoms with Crippen molar-refractivity contribution >= 4 is 17.6 Å². The van der Waals surface area contributed by atoms with Crippen LogP contribution in [-0.2, 0) is 0 Å². The summed E-state index contributed by atoms with van der Waals surface area (Å²) in [6.07, 6.45) is 1.62. The fourth-order valence-electron chi connectivity index (χ4n) is 1.70. The first-order valence-corrected chi connectivity index (χ1v) is 5.81. The van der Waals surface area contributed by atoms with E-state index in [0.29, 0.717) is 16.7 Å². The van der Waals surface area contributed by atoms with Crippen LogP contribution in [-0.4, -0.2) is 11.1 Å². The number of benzene rings is 2. The van der Waals surface area contributed by atoms with Gasteiger partial charge in [-0.1, -0.05) is 24.3 Å². The SMILES string of the molecule is N#CC(=Cc1ccc(F)cc1)c1ccc(C(=O)O)cc1. The summed E-state index contributed by atoms with van der Waals surface area (Å²) < 4.78 is 12.8. The first-order valence-electron chi connectivity index (χ1n) is 5.81. The topological polar surface area (TPSA) is 61.1 Å². The molecule has 2 aromatic rings. The number of allylic oxidation sites excluding steroid dienone is 1. The third-order valence-electron chi connectivity index (χ3n) is 2.74. The van der Waals surface area contributed by atoms with Crippen molar-refractivity contribution in [1.29, 1.82) is 5.26 Å². The van der Waals surface area contributed by atoms with E-state index in [2.05, 4.69) is 6.07 Å². The Morgan fingerprint density at radius 3 is 2.10 bits per heavy atom. The maximum absolute atomic E-state index is 12.8. The van der Waals surface area contributed by atoms with Crippen LogP contribution in [0.3, 0.4) is 0 Å². The van der Waals surface area contributed by atoms with E-state index >= 15 is 0 Å². The number of carbonyl (C=O) groups is 1. The lowest BCUT2D eigenvalue weighted by Crippen LogP contribution is -1.95. The fraction of sp³-hybridized carbons (Fsp3) is 0. The molecule has 0 heterocycles. The second kappa shape index (κ2) is 5.81. The highest BCUT2D eigenvalue weighted by atomic mass is 19.1. The highest BCUT2D eigenvalue weighted by Gasteiger charge is 2.05. The zero-order valence-corrected chi connectivity index (χ0v) is 10.4. The lowest BCUT2D eigenvalue weighted by Gasteiger charge is -2.01. The number of aromatic carboxylic acids is 1. The van der Waals surface area contributed by atoms with E-state index in [1.165, 1.54) is 24.3 Å². The molecule has 98 valence electrons. The number of carboxylic acids is 1. The Morgan fingerprint density at radius 1 is 1.05 bits per heavy atom. The summed E-state index contributed by atoms with van der Waals surface area (Å²) in [6, 6.07) is 13.8. The Bertz CT molecular complexity index is 695. The van der Waals surface area contributed by atoms with Gasteiger partial charge >= 0.3 is 5.97 Å². The van der Waals surface area contributed by atoms with Crippen molar-refractivity contribution in [1.82, 2.24) is 0 Å². The molecule has 1 N–H and O–H groups in total. The van der Waals surface area contributed by atoms with E-state index in [9.17, 15) is 9.18 Å². The average molecular weight is 267 g/mol. The third-order valence-corrected chi connectivity index (χ3v) is 2.74. The second-order valence-electron chi connectivity index (χ2n) is 4.10. The average Bonchev–Trinajstić information content (AvgIpc) is 2.47. The van der Waals surface area contributed by atoms with E-state index in [1.807, 2.05) is 0 Å². The third kappa shape index (κ3) is 3.09. The minimum atomic E-state index is -1.02. The molecule has 0 saturated carbocycles. The number of halogens is 1. The lowest BCUT2D eigenvalue weighted by atomic mass is 10.0. The Hall–Kier alpha value is -2.93. The predicted molar refractivity (Wildman–Crippen MR) is 73.3 cm³/mol. The van der Waals surface area contributed by atoms with Gasteiger partial charge in [0.25, 0.3) is 0 Å². The van der Waals surface area contributed by atoms with Gasteiger partial charge in [-0.2, -0.15) is 5.26 Å². The molecule has 4 heteroatoms. The largest absolute Gasteiger partial charge is 0.478 e. The normalized spacial score (nSPS) is 10.9. The number of rotatable bonds is 3. The quantitative estimate of drug-likeness (QED) is 0.682. The molecule has 0 aromatic heterocycles. The molecule has 0 atom stereocenters. The Kier molecular flexibility index (Phi) is 3.92. The maximum atomic E-state index is 12.8. The van der Waals surface area contributed by atoms with Crippen LogP contribution in [0.25, 0.3) is 11.6 Å². The van der Waals surface area contributed by atoms with Crippen molar-refractivity contribution < 1.29 is 14.3 Å². The van der Waals surface area contributed by atoms with Crippen LogP contribution in [0.15, 0.2) is 48.5 Å². The summed E-state index contributed by atoms with van der Waals surface area (Å²) in [6.45, 7) is 0. The van der Waals surface area contributed by atoms with Crippen LogP contribution < -0.4 is 0 Å². The predicted octanol–water partition coefficient (Wildman–Crippen LogP) is 3.59. The van der Waals surface area contributed by atoms with Crippen LogP contribution in [0.5, 0.6) is 0 Å². The van der Waals surface area contributed by atoms with Gasteiger partial charge in [-0.3, -0.25) is 0 Å². The molecule has 0 aliphatic rings. The molecule has 0 unspecified atom stereocenters. The number of carboxylic acid groups (broad SMARTS) is 1. The molecule has 0 saturated heterocycles. The Balaban J connectivity index is 2.35. The molecule has 20 heavy (non-hydrogen) atoms. The van der Waals surface area contributed by atoms with Gasteiger partial charge in [-0.05, 0) is 41.5 Å². The highest BCUT2D eigenvalue weighted by Crippen LogP contribution is 2.18. The highest BCUT2D eigenvalue weighted by molar-refractivity contribution is 5.92. The molecule has 0 fully saturated rings. The first kappa shape index (κ1) is 13.5. The molecule has 0 radical (unpaired) electrons. The molecule has 2 rings (SSSR count). The Morgan fingerprint density at radius 2 is 1.60 bits per heavy atom. The second-order valence-corrected chi connectivity index (χ2v) is 4.10. The maximum Gasteiger partial charge on any atom is 0.335 e. The number of hydrogen-bond acceptors (Lipinski definition) is 2. The van der Waals surface area contributed by atoms with Crippen LogP contribution in [0.1, 0.15) is 21.5 Å². The summed E-state index contributed by atoms with van der Waals surface area (Å²) in [5.41, 5.74) is 1.86. The zero-order chi connectivity index (χ0) is 14.5. The van der Waals surface area contributed by atoms with Crippen LogP contribution in [0, 0.1) is 17.1 Å². The van der Waals surface area contributed by atoms with Gasteiger partial charge in [0, 0.05) is 0 Å². The monoisotopic (exact) mass is 267 g/mol. The summed E-state index contributed by atoms with van der Waals surface area (Å²) in [5, 5.41) is 18.0. The molecule has 0 bridgehead atoms. The van der Waals surface area contributed by atoms with Gasteiger partial charge in [0.15, 0.2) is 0 Å². The van der Waals surface area contributed by atoms with Crippen molar-refractivity contribution in [3.8, 4) is 6.07 Å². The molecule has 0 amide bonds. The van der Waals surface area contributed by atoms with E-state index in [-0.39, 0.29) is 11.4 Å². The van der Waals surface area contributed by atoms with Crippen molar-refractivity contribution in [3.63, 3.8) is 0 Å². The molecule has 0 aliphatic heterocycles. The molecule has 2 aromatic carbocycles. The summed E-state index contributed by atoms with van der Waals surface area (Å²) in [4.78, 5) is 10.8. The smallest absolute Gasteiger partial charge is 0.335 e. The van der Waals surface area contributed by atoms with E-state index in [1.54, 1.807) is 30.3 Å². The first-order chi connectivity index (χ1) is 9.60. The van der Waals surface area contributed by atoms with Crippen molar-refractivity contribution in [3.05, 3.63) is 71.0 Å². The van der Waals surface area contributed by atoms with E-state index in [0.717, 1.165) is 0 Å². The summed E-state index contributed by atoms with van der Waals surface area (Å²) in [7, 11) is 0. The standard InChI is InChI=1S/C16H10FNO2/c17-15-7-1-11(2-8-15)9-14(10-18)12-3-5-13(6-4-12)16(19)20/h1-9H,(H,19,20). The van der Waals surface area contributed by atoms with Crippen LogP contribution in [0.4, 0.5) is 4.39 Å². The van der Waals surface area contributed by atoms with Crippen molar-refractivity contribution in [2.75, 3.05) is 0 Å². The number of hydrogen-bond donors (Lipinski definition) is 1. The van der Waals surface area contributed by atoms with Gasteiger partial charge < -0.3 is 5.11 Å². The van der Waals surface area contributed by atoms with E-state index < -0.39 is 5.97 Å². The van der Waals surface area contributed by atoms with Gasteiger partial charge in [-0.15, -0.1) is 0 Å². The molecule has 3 nitrogen and oxygen atoms in total. The minimum Gasteiger partial charge on any atom is -0.478 e. The molecule has 0 aliphatic carbocycles. The molecular weight excluding hydrogens is 257 g/mol. The van der Waals surface area contributed by atoms with E-state index in [4.69, 9.17) is 10.4 Å². The van der Waals surface area contributed by atoms with Gasteiger partial charge in [0.1, 0.15) is 5.82 Å². The lowest BCUT2D eigenvalue weighted by molar-refractivity contribution is 0.0697. The van der Waals surface area contributed by atoms with Crippen molar-refractivity contribution in [2.24, 2.45) is 0 Å². The summed E-state index contributed by atoms with van der Waals surface area (Å²) in [5.74, 6) is -1.36. The number of nitriles is 1. The fourth-order valence-corrected chi connectivity index (χ4v) is 1.70.